The summed E-state index contributed by atoms with van der Waals surface area (Å²) in [7, 11) is 0. The Balaban J connectivity index is 2.04. The minimum Gasteiger partial charge on any atom is -0.283 e. The van der Waals surface area contributed by atoms with Crippen LogP contribution in [0.25, 0.3) is 5.65 Å². The molecule has 2 aromatic heterocycles. The van der Waals surface area contributed by atoms with Crippen LogP contribution in [0.4, 0.5) is 24.7 Å². The van der Waals surface area contributed by atoms with Gasteiger partial charge in [0.1, 0.15) is 5.65 Å². The minimum atomic E-state index is -4.40. The van der Waals surface area contributed by atoms with Crippen molar-refractivity contribution < 1.29 is 13.2 Å². The molecule has 0 saturated heterocycles. The molecule has 0 saturated carbocycles. The van der Waals surface area contributed by atoms with E-state index in [1.165, 1.54) is 12.1 Å². The predicted molar refractivity (Wildman–Crippen MR) is 84.9 cm³/mol. The van der Waals surface area contributed by atoms with Crippen LogP contribution in [0.1, 0.15) is 31.0 Å². The summed E-state index contributed by atoms with van der Waals surface area (Å²) < 4.78 is 40.1. The standard InChI is InChI=1S/C17H15F3N4/c1-11(2)15-16(24-9-4-3-8-14(24)21-15)23-22-13-7-5-6-12(10-13)17(18,19)20/h3-11H,1-2H3. The van der Waals surface area contributed by atoms with Crippen LogP contribution in [-0.2, 0) is 6.18 Å². The van der Waals surface area contributed by atoms with E-state index in [2.05, 4.69) is 15.2 Å². The molecule has 24 heavy (non-hydrogen) atoms. The molecule has 0 aliphatic rings. The number of nitrogens with zero attached hydrogens (tertiary/aromatic N) is 4. The molecule has 0 amide bonds. The lowest BCUT2D eigenvalue weighted by atomic mass is 10.1. The molecule has 0 N–H and O–H groups in total. The van der Waals surface area contributed by atoms with Crippen molar-refractivity contribution in [3.63, 3.8) is 0 Å². The van der Waals surface area contributed by atoms with Gasteiger partial charge in [-0.3, -0.25) is 4.40 Å². The molecule has 0 radical (unpaired) electrons. The minimum absolute atomic E-state index is 0.111. The smallest absolute Gasteiger partial charge is 0.283 e. The number of benzene rings is 1. The summed E-state index contributed by atoms with van der Waals surface area (Å²) in [6, 6.07) is 10.3. The molecule has 3 aromatic rings. The van der Waals surface area contributed by atoms with Gasteiger partial charge >= 0.3 is 6.18 Å². The summed E-state index contributed by atoms with van der Waals surface area (Å²) in [6.45, 7) is 3.95. The van der Waals surface area contributed by atoms with E-state index in [-0.39, 0.29) is 11.6 Å². The average molecular weight is 332 g/mol. The molecule has 0 aliphatic carbocycles. The van der Waals surface area contributed by atoms with Crippen LogP contribution < -0.4 is 0 Å². The molecule has 3 rings (SSSR count). The zero-order valence-electron chi connectivity index (χ0n) is 13.1. The normalized spacial score (nSPS) is 12.6. The van der Waals surface area contributed by atoms with E-state index < -0.39 is 11.7 Å². The Hall–Kier alpha value is -2.70. The lowest BCUT2D eigenvalue weighted by molar-refractivity contribution is -0.137. The van der Waals surface area contributed by atoms with Crippen molar-refractivity contribution in [2.45, 2.75) is 25.9 Å². The summed E-state index contributed by atoms with van der Waals surface area (Å²) in [4.78, 5) is 4.51. The Morgan fingerprint density at radius 2 is 1.83 bits per heavy atom. The number of fused-ring (bicyclic) bond motifs is 1. The van der Waals surface area contributed by atoms with Gasteiger partial charge in [0.2, 0.25) is 0 Å². The van der Waals surface area contributed by atoms with Gasteiger partial charge in [0.25, 0.3) is 0 Å². The van der Waals surface area contributed by atoms with Crippen LogP contribution in [0.2, 0.25) is 0 Å². The van der Waals surface area contributed by atoms with Crippen molar-refractivity contribution in [3.8, 4) is 0 Å². The van der Waals surface area contributed by atoms with Crippen LogP contribution in [0, 0.1) is 0 Å². The highest BCUT2D eigenvalue weighted by atomic mass is 19.4. The molecule has 0 spiro atoms. The second kappa shape index (κ2) is 6.07. The summed E-state index contributed by atoms with van der Waals surface area (Å²) in [5, 5.41) is 8.15. The lowest BCUT2D eigenvalue weighted by Gasteiger charge is -2.06. The zero-order valence-corrected chi connectivity index (χ0v) is 13.1. The first-order chi connectivity index (χ1) is 11.4. The van der Waals surface area contributed by atoms with Crippen molar-refractivity contribution in [2.75, 3.05) is 0 Å². The van der Waals surface area contributed by atoms with Gasteiger partial charge < -0.3 is 0 Å². The summed E-state index contributed by atoms with van der Waals surface area (Å²) in [5.41, 5.74) is 0.864. The highest BCUT2D eigenvalue weighted by Gasteiger charge is 2.30. The number of imidazole rings is 1. The maximum atomic E-state index is 12.8. The molecule has 0 atom stereocenters. The largest absolute Gasteiger partial charge is 0.416 e. The number of alkyl halides is 3. The molecule has 2 heterocycles. The molecular formula is C17H15F3N4. The second-order valence-corrected chi connectivity index (χ2v) is 5.65. The van der Waals surface area contributed by atoms with E-state index in [1.807, 2.05) is 32.0 Å². The Morgan fingerprint density at radius 1 is 1.04 bits per heavy atom. The van der Waals surface area contributed by atoms with Gasteiger partial charge in [0, 0.05) is 6.20 Å². The number of rotatable bonds is 3. The van der Waals surface area contributed by atoms with E-state index in [4.69, 9.17) is 0 Å². The van der Waals surface area contributed by atoms with E-state index in [1.54, 1.807) is 10.6 Å². The third kappa shape index (κ3) is 3.15. The van der Waals surface area contributed by atoms with Gasteiger partial charge in [0.15, 0.2) is 5.82 Å². The van der Waals surface area contributed by atoms with Crippen molar-refractivity contribution in [2.24, 2.45) is 10.2 Å². The van der Waals surface area contributed by atoms with Gasteiger partial charge in [-0.15, -0.1) is 10.2 Å². The topological polar surface area (TPSA) is 42.0 Å². The number of azo groups is 1. The summed E-state index contributed by atoms with van der Waals surface area (Å²) >= 11 is 0. The number of hydrogen-bond donors (Lipinski definition) is 0. The van der Waals surface area contributed by atoms with Crippen LogP contribution in [0.3, 0.4) is 0 Å². The van der Waals surface area contributed by atoms with Gasteiger partial charge in [-0.25, -0.2) is 4.98 Å². The molecule has 0 fully saturated rings. The molecular weight excluding hydrogens is 317 g/mol. The highest BCUT2D eigenvalue weighted by Crippen LogP contribution is 2.33. The van der Waals surface area contributed by atoms with E-state index >= 15 is 0 Å². The fourth-order valence-electron chi connectivity index (χ4n) is 2.34. The molecule has 0 aliphatic heterocycles. The van der Waals surface area contributed by atoms with Crippen LogP contribution in [0.5, 0.6) is 0 Å². The van der Waals surface area contributed by atoms with Crippen LogP contribution >= 0.6 is 0 Å². The highest BCUT2D eigenvalue weighted by molar-refractivity contribution is 5.53. The number of hydrogen-bond acceptors (Lipinski definition) is 3. The molecule has 124 valence electrons. The fourth-order valence-corrected chi connectivity index (χ4v) is 2.34. The van der Waals surface area contributed by atoms with Crippen LogP contribution in [0.15, 0.2) is 58.9 Å². The van der Waals surface area contributed by atoms with Crippen LogP contribution in [-0.4, -0.2) is 9.38 Å². The SMILES string of the molecule is CC(C)c1nc2ccccn2c1N=Nc1cccc(C(F)(F)F)c1. The Morgan fingerprint density at radius 3 is 2.54 bits per heavy atom. The van der Waals surface area contributed by atoms with Gasteiger partial charge in [-0.05, 0) is 36.2 Å². The molecule has 0 bridgehead atoms. The summed E-state index contributed by atoms with van der Waals surface area (Å²) in [5.74, 6) is 0.637. The quantitative estimate of drug-likeness (QED) is 0.551. The first kappa shape index (κ1) is 16.2. The summed E-state index contributed by atoms with van der Waals surface area (Å²) in [6.07, 6.45) is -2.60. The Labute approximate surface area is 136 Å². The van der Waals surface area contributed by atoms with Gasteiger partial charge in [-0.2, -0.15) is 13.2 Å². The Bertz CT molecular complexity index is 894. The zero-order chi connectivity index (χ0) is 17.3. The van der Waals surface area contributed by atoms with E-state index in [0.717, 1.165) is 23.5 Å². The lowest BCUT2D eigenvalue weighted by Crippen LogP contribution is -2.03. The monoisotopic (exact) mass is 332 g/mol. The first-order valence-corrected chi connectivity index (χ1v) is 7.42. The number of aromatic nitrogens is 2. The second-order valence-electron chi connectivity index (χ2n) is 5.65. The molecule has 0 unspecified atom stereocenters. The predicted octanol–water partition coefficient (Wildman–Crippen LogP) is 5.89. The fraction of sp³-hybridized carbons (Fsp3) is 0.235. The Kier molecular flexibility index (Phi) is 4.09. The van der Waals surface area contributed by atoms with Crippen molar-refractivity contribution in [3.05, 3.63) is 59.9 Å². The van der Waals surface area contributed by atoms with Crippen molar-refractivity contribution in [1.29, 1.82) is 0 Å². The van der Waals surface area contributed by atoms with Gasteiger partial charge in [0.05, 0.1) is 16.9 Å². The number of pyridine rings is 1. The van der Waals surface area contributed by atoms with Gasteiger partial charge in [-0.1, -0.05) is 26.0 Å². The van der Waals surface area contributed by atoms with Crippen molar-refractivity contribution >= 4 is 17.2 Å². The van der Waals surface area contributed by atoms with E-state index in [9.17, 15) is 13.2 Å². The maximum absolute atomic E-state index is 12.8. The number of halogens is 3. The molecule has 4 nitrogen and oxygen atoms in total. The molecule has 1 aromatic carbocycles. The first-order valence-electron chi connectivity index (χ1n) is 7.42. The third-order valence-corrected chi connectivity index (χ3v) is 3.51. The molecule has 7 heteroatoms. The average Bonchev–Trinajstić information content (AvgIpc) is 2.91. The van der Waals surface area contributed by atoms with E-state index in [0.29, 0.717) is 5.82 Å². The third-order valence-electron chi connectivity index (χ3n) is 3.51. The van der Waals surface area contributed by atoms with Crippen molar-refractivity contribution in [1.82, 2.24) is 9.38 Å². The maximum Gasteiger partial charge on any atom is 0.416 e.